The van der Waals surface area contributed by atoms with Crippen LogP contribution >= 0.6 is 0 Å². The first-order chi connectivity index (χ1) is 4.13. The first kappa shape index (κ1) is 8.96. The minimum atomic E-state index is 0.616. The number of nitrogens with zero attached hydrogens (tertiary/aromatic N) is 1. The Balaban J connectivity index is 2.91. The molecule has 1 atom stereocenters. The van der Waals surface area contributed by atoms with Gasteiger partial charge in [-0.1, -0.05) is 13.8 Å². The summed E-state index contributed by atoms with van der Waals surface area (Å²) in [6.45, 7) is 7.27. The fourth-order valence-corrected chi connectivity index (χ4v) is 0.756. The van der Waals surface area contributed by atoms with Gasteiger partial charge in [-0.15, -0.1) is 0 Å². The molecule has 0 rings (SSSR count). The van der Waals surface area contributed by atoms with Crippen molar-refractivity contribution in [1.82, 2.24) is 4.90 Å². The largest absolute Gasteiger partial charge is 0.309 e. The maximum Gasteiger partial charge on any atom is -0.00247 e. The predicted octanol–water partition coefficient (Wildman–Crippen LogP) is 1.80. The molecule has 0 aromatic rings. The van der Waals surface area contributed by atoms with Crippen molar-refractivity contribution in [2.45, 2.75) is 19.8 Å². The lowest BCUT2D eigenvalue weighted by molar-refractivity contribution is 0.384. The molecule has 1 radical (unpaired) electrons. The summed E-state index contributed by atoms with van der Waals surface area (Å²) in [5.41, 5.74) is 0. The van der Waals surface area contributed by atoms with Crippen LogP contribution in [-0.4, -0.2) is 25.5 Å². The Kier molecular flexibility index (Phi) is 4.78. The van der Waals surface area contributed by atoms with E-state index in [1.54, 1.807) is 0 Å². The molecule has 1 heteroatoms. The first-order valence-corrected chi connectivity index (χ1v) is 3.60. The van der Waals surface area contributed by atoms with Gasteiger partial charge in [0.05, 0.1) is 0 Å². The molecule has 0 fully saturated rings. The molecule has 0 saturated heterocycles. The van der Waals surface area contributed by atoms with E-state index in [9.17, 15) is 0 Å². The lowest BCUT2D eigenvalue weighted by Gasteiger charge is -2.09. The van der Waals surface area contributed by atoms with Gasteiger partial charge < -0.3 is 4.90 Å². The molecule has 0 amide bonds. The molecular weight excluding hydrogens is 110 g/mol. The van der Waals surface area contributed by atoms with Gasteiger partial charge in [-0.2, -0.15) is 0 Å². The molecule has 1 nitrogen and oxygen atoms in total. The average molecular weight is 128 g/mol. The van der Waals surface area contributed by atoms with E-state index in [2.05, 4.69) is 32.8 Å². The Bertz CT molecular complexity index is 49.6. The third kappa shape index (κ3) is 7.96. The summed E-state index contributed by atoms with van der Waals surface area (Å²) in [6, 6.07) is 0. The molecular formula is C8H18N. The van der Waals surface area contributed by atoms with Crippen LogP contribution in [0.4, 0.5) is 0 Å². The Labute approximate surface area is 59.1 Å². The molecule has 0 aromatic heterocycles. The fraction of sp³-hybridized carbons (Fsp3) is 0.875. The SMILES string of the molecule is [CH2]C(C)CCCN(C)C. The average Bonchev–Trinajstić information content (AvgIpc) is 1.63. The zero-order valence-corrected chi connectivity index (χ0v) is 6.85. The van der Waals surface area contributed by atoms with E-state index >= 15 is 0 Å². The van der Waals surface area contributed by atoms with Crippen molar-refractivity contribution in [3.63, 3.8) is 0 Å². The van der Waals surface area contributed by atoms with Gasteiger partial charge in [-0.05, 0) is 39.4 Å². The lowest BCUT2D eigenvalue weighted by atomic mass is 10.1. The van der Waals surface area contributed by atoms with E-state index in [1.165, 1.54) is 19.4 Å². The summed E-state index contributed by atoms with van der Waals surface area (Å²) in [4.78, 5) is 2.21. The molecule has 55 valence electrons. The molecule has 0 saturated carbocycles. The van der Waals surface area contributed by atoms with E-state index in [-0.39, 0.29) is 0 Å². The second-order valence-corrected chi connectivity index (χ2v) is 3.05. The van der Waals surface area contributed by atoms with Crippen LogP contribution in [0.25, 0.3) is 0 Å². The van der Waals surface area contributed by atoms with Crippen molar-refractivity contribution in [2.75, 3.05) is 20.6 Å². The second-order valence-electron chi connectivity index (χ2n) is 3.05. The van der Waals surface area contributed by atoms with Crippen molar-refractivity contribution in [2.24, 2.45) is 5.92 Å². The normalized spacial score (nSPS) is 11.3. The van der Waals surface area contributed by atoms with E-state index in [1.807, 2.05) is 0 Å². The van der Waals surface area contributed by atoms with Crippen LogP contribution < -0.4 is 0 Å². The van der Waals surface area contributed by atoms with Gasteiger partial charge in [-0.3, -0.25) is 0 Å². The smallest absolute Gasteiger partial charge is 0.00247 e. The van der Waals surface area contributed by atoms with Gasteiger partial charge in [0.2, 0.25) is 0 Å². The van der Waals surface area contributed by atoms with E-state index in [0.29, 0.717) is 5.92 Å². The minimum Gasteiger partial charge on any atom is -0.309 e. The molecule has 1 unspecified atom stereocenters. The van der Waals surface area contributed by atoms with Crippen molar-refractivity contribution in [3.8, 4) is 0 Å². The van der Waals surface area contributed by atoms with Gasteiger partial charge in [0.25, 0.3) is 0 Å². The summed E-state index contributed by atoms with van der Waals surface area (Å²) in [7, 11) is 4.21. The van der Waals surface area contributed by atoms with Gasteiger partial charge >= 0.3 is 0 Å². The Morgan fingerprint density at radius 2 is 2.00 bits per heavy atom. The molecule has 0 aliphatic rings. The third-order valence-electron chi connectivity index (χ3n) is 1.30. The monoisotopic (exact) mass is 128 g/mol. The maximum atomic E-state index is 3.92. The summed E-state index contributed by atoms with van der Waals surface area (Å²) in [5.74, 6) is 0.616. The standard InChI is InChI=1S/C8H18N/c1-8(2)6-5-7-9(3)4/h8H,1,5-7H2,2-4H3. The van der Waals surface area contributed by atoms with Crippen LogP contribution in [0.15, 0.2) is 0 Å². The molecule has 0 aliphatic carbocycles. The number of rotatable bonds is 4. The second kappa shape index (κ2) is 4.80. The molecule has 0 spiro atoms. The molecule has 9 heavy (non-hydrogen) atoms. The fourth-order valence-electron chi connectivity index (χ4n) is 0.756. The Morgan fingerprint density at radius 1 is 1.44 bits per heavy atom. The van der Waals surface area contributed by atoms with Gasteiger partial charge in [0, 0.05) is 0 Å². The van der Waals surface area contributed by atoms with Crippen LogP contribution in [0.2, 0.25) is 0 Å². The van der Waals surface area contributed by atoms with Crippen molar-refractivity contribution in [1.29, 1.82) is 0 Å². The zero-order chi connectivity index (χ0) is 7.28. The van der Waals surface area contributed by atoms with Crippen molar-refractivity contribution < 1.29 is 0 Å². The Hall–Kier alpha value is -0.0400. The topological polar surface area (TPSA) is 3.24 Å². The van der Waals surface area contributed by atoms with Crippen molar-refractivity contribution >= 4 is 0 Å². The Morgan fingerprint density at radius 3 is 2.33 bits per heavy atom. The number of hydrogen-bond acceptors (Lipinski definition) is 1. The maximum absolute atomic E-state index is 3.92. The van der Waals surface area contributed by atoms with Gasteiger partial charge in [-0.25, -0.2) is 0 Å². The summed E-state index contributed by atoms with van der Waals surface area (Å²) < 4.78 is 0. The lowest BCUT2D eigenvalue weighted by Crippen LogP contribution is -2.13. The molecule has 0 aliphatic heterocycles. The zero-order valence-electron chi connectivity index (χ0n) is 6.85. The molecule has 0 heterocycles. The minimum absolute atomic E-state index is 0.616. The summed E-state index contributed by atoms with van der Waals surface area (Å²) in [5, 5.41) is 0. The highest BCUT2D eigenvalue weighted by molar-refractivity contribution is 4.54. The van der Waals surface area contributed by atoms with Crippen LogP contribution in [0.1, 0.15) is 19.8 Å². The van der Waals surface area contributed by atoms with E-state index < -0.39 is 0 Å². The van der Waals surface area contributed by atoms with Gasteiger partial charge in [0.1, 0.15) is 0 Å². The quantitative estimate of drug-likeness (QED) is 0.558. The van der Waals surface area contributed by atoms with Crippen LogP contribution in [0.3, 0.4) is 0 Å². The highest BCUT2D eigenvalue weighted by Crippen LogP contribution is 2.02. The highest BCUT2D eigenvalue weighted by Gasteiger charge is 1.93. The predicted molar refractivity (Wildman–Crippen MR) is 42.3 cm³/mol. The van der Waals surface area contributed by atoms with Crippen LogP contribution in [-0.2, 0) is 0 Å². The van der Waals surface area contributed by atoms with Crippen LogP contribution in [0.5, 0.6) is 0 Å². The number of hydrogen-bond donors (Lipinski definition) is 0. The van der Waals surface area contributed by atoms with Gasteiger partial charge in [0.15, 0.2) is 0 Å². The highest BCUT2D eigenvalue weighted by atomic mass is 15.0. The third-order valence-corrected chi connectivity index (χ3v) is 1.30. The summed E-state index contributed by atoms with van der Waals surface area (Å²) >= 11 is 0. The molecule has 0 aromatic carbocycles. The van der Waals surface area contributed by atoms with Crippen molar-refractivity contribution in [3.05, 3.63) is 6.92 Å². The molecule has 0 bridgehead atoms. The van der Waals surface area contributed by atoms with E-state index in [4.69, 9.17) is 0 Å². The first-order valence-electron chi connectivity index (χ1n) is 3.60. The van der Waals surface area contributed by atoms with Crippen LogP contribution in [0, 0.1) is 12.8 Å². The summed E-state index contributed by atoms with van der Waals surface area (Å²) in [6.07, 6.45) is 2.52. The van der Waals surface area contributed by atoms with E-state index in [0.717, 1.165) is 0 Å². The molecule has 0 N–H and O–H groups in total.